The van der Waals surface area contributed by atoms with Gasteiger partial charge in [-0.15, -0.1) is 0 Å². The minimum atomic E-state index is -4.61. The Morgan fingerprint density at radius 3 is 2.25 bits per heavy atom. The number of pyridine rings is 1. The number of ether oxygens (including phenoxy) is 1. The number of alkyl halides is 3. The van der Waals surface area contributed by atoms with Crippen LogP contribution in [0.4, 0.5) is 13.2 Å². The molecule has 13 heteroatoms. The molecule has 1 aliphatic rings. The summed E-state index contributed by atoms with van der Waals surface area (Å²) in [5, 5.41) is -0.299. The first-order valence-electron chi connectivity index (χ1n) is 11.4. The minimum absolute atomic E-state index is 0.00731. The van der Waals surface area contributed by atoms with Crippen molar-refractivity contribution < 1.29 is 34.7 Å². The highest BCUT2D eigenvalue weighted by Crippen LogP contribution is 2.33. The van der Waals surface area contributed by atoms with Crippen LogP contribution < -0.4 is 4.74 Å². The lowest BCUT2D eigenvalue weighted by Crippen LogP contribution is -2.41. The average molecular weight is 550 g/mol. The van der Waals surface area contributed by atoms with E-state index in [1.165, 1.54) is 40.8 Å². The van der Waals surface area contributed by atoms with E-state index in [0.29, 0.717) is 31.7 Å². The fourth-order valence-corrected chi connectivity index (χ4v) is 6.34. The Hall–Kier alpha value is -2.22. The second-order valence-electron chi connectivity index (χ2n) is 9.16. The van der Waals surface area contributed by atoms with Crippen molar-refractivity contribution >= 4 is 20.0 Å². The van der Waals surface area contributed by atoms with Gasteiger partial charge in [0.25, 0.3) is 10.0 Å². The maximum Gasteiger partial charge on any atom is 0.416 e. The Morgan fingerprint density at radius 2 is 1.72 bits per heavy atom. The lowest BCUT2D eigenvalue weighted by Gasteiger charge is -2.30. The molecule has 1 aliphatic heterocycles. The van der Waals surface area contributed by atoms with E-state index in [4.69, 9.17) is 4.74 Å². The Morgan fingerprint density at radius 1 is 1.08 bits per heavy atom. The van der Waals surface area contributed by atoms with Gasteiger partial charge in [0.1, 0.15) is 11.9 Å². The van der Waals surface area contributed by atoms with Crippen LogP contribution in [0.1, 0.15) is 37.8 Å². The van der Waals surface area contributed by atoms with Gasteiger partial charge in [-0.2, -0.15) is 17.5 Å². The number of aromatic nitrogens is 1. The molecule has 0 aliphatic carbocycles. The Labute approximate surface area is 210 Å². The van der Waals surface area contributed by atoms with Crippen LogP contribution in [-0.2, 0) is 32.8 Å². The number of rotatable bonds is 9. The number of halogens is 3. The summed E-state index contributed by atoms with van der Waals surface area (Å²) in [6.07, 6.45) is -1.49. The summed E-state index contributed by atoms with van der Waals surface area (Å²) in [6, 6.07) is 7.61. The van der Waals surface area contributed by atoms with Gasteiger partial charge in [-0.25, -0.2) is 26.1 Å². The monoisotopic (exact) mass is 549 g/mol. The molecule has 36 heavy (non-hydrogen) atoms. The molecule has 200 valence electrons. The SMILES string of the molecule is CC(C)CN(Cc1ccccc1C(F)(F)F)S(=O)(=O)c1ccc(OC2CCN(S(C)(=O)=O)CC2)cn1. The zero-order valence-electron chi connectivity index (χ0n) is 20.3. The largest absolute Gasteiger partial charge is 0.489 e. The third-order valence-electron chi connectivity index (χ3n) is 5.72. The lowest BCUT2D eigenvalue weighted by molar-refractivity contribution is -0.138. The molecule has 2 aromatic rings. The van der Waals surface area contributed by atoms with Crippen LogP contribution in [-0.4, -0.2) is 62.4 Å². The molecule has 0 unspecified atom stereocenters. The zero-order valence-corrected chi connectivity index (χ0v) is 21.9. The van der Waals surface area contributed by atoms with Crippen molar-refractivity contribution in [3.63, 3.8) is 0 Å². The van der Waals surface area contributed by atoms with E-state index < -0.39 is 38.3 Å². The van der Waals surface area contributed by atoms with Gasteiger partial charge in [0, 0.05) is 26.2 Å². The molecule has 0 amide bonds. The van der Waals surface area contributed by atoms with Crippen LogP contribution in [0.15, 0.2) is 47.6 Å². The first-order valence-corrected chi connectivity index (χ1v) is 14.7. The molecule has 1 saturated heterocycles. The molecule has 0 radical (unpaired) electrons. The van der Waals surface area contributed by atoms with E-state index in [1.54, 1.807) is 13.8 Å². The van der Waals surface area contributed by atoms with Crippen LogP contribution in [0.25, 0.3) is 0 Å². The van der Waals surface area contributed by atoms with Gasteiger partial charge in [0.2, 0.25) is 10.0 Å². The minimum Gasteiger partial charge on any atom is -0.489 e. The van der Waals surface area contributed by atoms with Gasteiger partial charge in [0.15, 0.2) is 5.03 Å². The van der Waals surface area contributed by atoms with Gasteiger partial charge >= 0.3 is 6.18 Å². The number of benzene rings is 1. The van der Waals surface area contributed by atoms with E-state index in [9.17, 15) is 30.0 Å². The molecular weight excluding hydrogens is 519 g/mol. The second kappa shape index (κ2) is 11.0. The molecule has 2 heterocycles. The first-order chi connectivity index (χ1) is 16.7. The molecule has 0 saturated carbocycles. The maximum atomic E-state index is 13.5. The number of hydrogen-bond donors (Lipinski definition) is 0. The Bertz CT molecular complexity index is 1240. The zero-order chi connectivity index (χ0) is 26.7. The molecule has 1 aromatic carbocycles. The summed E-state index contributed by atoms with van der Waals surface area (Å²) in [6.45, 7) is 3.76. The summed E-state index contributed by atoms with van der Waals surface area (Å²) in [5.41, 5.74) is -1.03. The fraction of sp³-hybridized carbons (Fsp3) is 0.522. The lowest BCUT2D eigenvalue weighted by atomic mass is 10.1. The summed E-state index contributed by atoms with van der Waals surface area (Å²) < 4.78 is 98.6. The molecule has 0 spiro atoms. The van der Waals surface area contributed by atoms with Crippen molar-refractivity contribution in [1.29, 1.82) is 0 Å². The third kappa shape index (κ3) is 7.17. The predicted molar refractivity (Wildman–Crippen MR) is 128 cm³/mol. The molecular formula is C23H30F3N3O5S2. The summed E-state index contributed by atoms with van der Waals surface area (Å²) in [5.74, 6) is 0.183. The predicted octanol–water partition coefficient (Wildman–Crippen LogP) is 3.75. The first kappa shape index (κ1) is 28.4. The third-order valence-corrected chi connectivity index (χ3v) is 8.76. The van der Waals surface area contributed by atoms with E-state index in [1.807, 2.05) is 0 Å². The topological polar surface area (TPSA) is 96.9 Å². The van der Waals surface area contributed by atoms with Crippen LogP contribution in [0.3, 0.4) is 0 Å². The fourth-order valence-electron chi connectivity index (χ4n) is 3.98. The normalized spacial score (nSPS) is 16.6. The molecule has 0 bridgehead atoms. The second-order valence-corrected chi connectivity index (χ2v) is 13.0. The summed E-state index contributed by atoms with van der Waals surface area (Å²) in [7, 11) is -7.47. The molecule has 3 rings (SSSR count). The van der Waals surface area contributed by atoms with Crippen molar-refractivity contribution in [3.8, 4) is 5.75 Å². The van der Waals surface area contributed by atoms with Crippen molar-refractivity contribution in [2.75, 3.05) is 25.9 Å². The number of hydrogen-bond acceptors (Lipinski definition) is 6. The van der Waals surface area contributed by atoms with Gasteiger partial charge in [-0.05, 0) is 42.5 Å². The smallest absolute Gasteiger partial charge is 0.416 e. The van der Waals surface area contributed by atoms with Crippen molar-refractivity contribution in [1.82, 2.24) is 13.6 Å². The van der Waals surface area contributed by atoms with Crippen molar-refractivity contribution in [2.24, 2.45) is 5.92 Å². The van der Waals surface area contributed by atoms with Gasteiger partial charge in [0.05, 0.1) is 18.0 Å². The van der Waals surface area contributed by atoms with Crippen LogP contribution >= 0.6 is 0 Å². The standard InChI is InChI=1S/C23H30F3N3O5S2/c1-17(2)15-29(16-18-6-4-5-7-21(18)23(24,25)26)36(32,33)22-9-8-20(14-27-22)34-19-10-12-28(13-11-19)35(3,30)31/h4-9,14,17,19H,10-13,15-16H2,1-3H3. The Balaban J connectivity index is 1.77. The molecule has 0 N–H and O–H groups in total. The number of sulfonamides is 2. The average Bonchev–Trinajstić information content (AvgIpc) is 2.78. The van der Waals surface area contributed by atoms with E-state index >= 15 is 0 Å². The summed E-state index contributed by atoms with van der Waals surface area (Å²) in [4.78, 5) is 4.03. The van der Waals surface area contributed by atoms with Crippen LogP contribution in [0.2, 0.25) is 0 Å². The molecule has 1 fully saturated rings. The highest BCUT2D eigenvalue weighted by molar-refractivity contribution is 7.89. The molecule has 1 aromatic heterocycles. The highest BCUT2D eigenvalue weighted by Gasteiger charge is 2.35. The van der Waals surface area contributed by atoms with Gasteiger partial charge in [-0.3, -0.25) is 0 Å². The molecule has 0 atom stereocenters. The van der Waals surface area contributed by atoms with Crippen molar-refractivity contribution in [2.45, 2.75) is 50.5 Å². The van der Waals surface area contributed by atoms with Gasteiger partial charge < -0.3 is 4.74 Å². The number of nitrogens with zero attached hydrogens (tertiary/aromatic N) is 3. The van der Waals surface area contributed by atoms with Gasteiger partial charge in [-0.1, -0.05) is 32.0 Å². The van der Waals surface area contributed by atoms with Crippen LogP contribution in [0, 0.1) is 5.92 Å². The molecule has 8 nitrogen and oxygen atoms in total. The number of piperidine rings is 1. The Kier molecular flexibility index (Phi) is 8.69. The van der Waals surface area contributed by atoms with E-state index in [0.717, 1.165) is 16.6 Å². The van der Waals surface area contributed by atoms with Crippen molar-refractivity contribution in [3.05, 3.63) is 53.7 Å². The maximum absolute atomic E-state index is 13.5. The van der Waals surface area contributed by atoms with Crippen LogP contribution in [0.5, 0.6) is 5.75 Å². The summed E-state index contributed by atoms with van der Waals surface area (Å²) >= 11 is 0. The van der Waals surface area contributed by atoms with E-state index in [2.05, 4.69) is 4.98 Å². The quantitative estimate of drug-likeness (QED) is 0.473. The highest BCUT2D eigenvalue weighted by atomic mass is 32.2. The van der Waals surface area contributed by atoms with E-state index in [-0.39, 0.29) is 29.2 Å².